The van der Waals surface area contributed by atoms with E-state index >= 15 is 0 Å². The molecular formula is C20H22BN5O3. The second-order valence-corrected chi connectivity index (χ2v) is 7.31. The molecule has 3 heterocycles. The van der Waals surface area contributed by atoms with Gasteiger partial charge in [0.05, 0.1) is 24.6 Å². The molecule has 29 heavy (non-hydrogen) atoms. The largest absolute Gasteiger partial charge is 0.555 e. The molecule has 0 bridgehead atoms. The number of aromatic nitrogens is 2. The van der Waals surface area contributed by atoms with Crippen molar-refractivity contribution in [3.05, 3.63) is 41.0 Å². The van der Waals surface area contributed by atoms with Crippen molar-refractivity contribution in [1.82, 2.24) is 9.97 Å². The lowest BCUT2D eigenvalue weighted by molar-refractivity contribution is 0.0698. The van der Waals surface area contributed by atoms with Crippen LogP contribution in [0.5, 0.6) is 5.75 Å². The fraction of sp³-hybridized carbons (Fsp3) is 0.350. The minimum Gasteiger partial charge on any atom is -0.532 e. The first kappa shape index (κ1) is 19.2. The van der Waals surface area contributed by atoms with E-state index < -0.39 is 7.12 Å². The Morgan fingerprint density at radius 3 is 3.03 bits per heavy atom. The van der Waals surface area contributed by atoms with Crippen molar-refractivity contribution >= 4 is 30.6 Å². The SMILES string of the molecule is CC1=Cc2cc(Nc3ncc(C)c(NC4COCC[C@@H]4C#N)n3)ccc2OB1O. The van der Waals surface area contributed by atoms with E-state index in [2.05, 4.69) is 26.7 Å². The molecule has 8 nitrogen and oxygen atoms in total. The van der Waals surface area contributed by atoms with E-state index in [1.54, 1.807) is 12.3 Å². The number of rotatable bonds is 4. The fourth-order valence-electron chi connectivity index (χ4n) is 3.36. The van der Waals surface area contributed by atoms with Crippen molar-refractivity contribution in [3.63, 3.8) is 0 Å². The van der Waals surface area contributed by atoms with Gasteiger partial charge in [0.2, 0.25) is 5.95 Å². The molecule has 0 aliphatic carbocycles. The molecule has 0 amide bonds. The second kappa shape index (κ2) is 8.11. The molecule has 2 aromatic rings. The van der Waals surface area contributed by atoms with Gasteiger partial charge < -0.3 is 25.0 Å². The number of anilines is 3. The molecule has 148 valence electrons. The van der Waals surface area contributed by atoms with E-state index in [9.17, 15) is 10.3 Å². The van der Waals surface area contributed by atoms with Gasteiger partial charge in [-0.2, -0.15) is 10.2 Å². The molecule has 1 unspecified atom stereocenters. The standard InChI is InChI=1S/C20H22BN5O3/c1-12-10-23-20(26-19(12)25-17-11-28-6-5-14(17)9-22)24-16-3-4-18-15(8-16)7-13(2)21(27)29-18/h3-4,7-8,10,14,17,27H,5-6,11H2,1-2H3,(H2,23,24,25,26)/t14-,17?/m1/s1. The number of hydrogen-bond donors (Lipinski definition) is 3. The summed E-state index contributed by atoms with van der Waals surface area (Å²) in [6.07, 6.45) is 4.34. The van der Waals surface area contributed by atoms with Gasteiger partial charge in [0, 0.05) is 29.6 Å². The summed E-state index contributed by atoms with van der Waals surface area (Å²) in [7, 11) is -0.906. The van der Waals surface area contributed by atoms with Gasteiger partial charge in [0.1, 0.15) is 11.6 Å². The first-order chi connectivity index (χ1) is 14.0. The highest BCUT2D eigenvalue weighted by molar-refractivity contribution is 6.54. The van der Waals surface area contributed by atoms with E-state index in [4.69, 9.17) is 9.39 Å². The normalized spacial score (nSPS) is 20.8. The Hall–Kier alpha value is -3.09. The lowest BCUT2D eigenvalue weighted by Gasteiger charge is -2.28. The van der Waals surface area contributed by atoms with E-state index in [1.165, 1.54) is 0 Å². The lowest BCUT2D eigenvalue weighted by atomic mass is 9.76. The summed E-state index contributed by atoms with van der Waals surface area (Å²) < 4.78 is 11.0. The number of nitrogens with one attached hydrogen (secondary N) is 2. The predicted octanol–water partition coefficient (Wildman–Crippen LogP) is 2.68. The molecule has 0 radical (unpaired) electrons. The van der Waals surface area contributed by atoms with Crippen LogP contribution in [0, 0.1) is 24.2 Å². The molecular weight excluding hydrogens is 369 g/mol. The van der Waals surface area contributed by atoms with Gasteiger partial charge in [-0.1, -0.05) is 6.08 Å². The Bertz CT molecular complexity index is 991. The maximum absolute atomic E-state index is 9.79. The Balaban J connectivity index is 1.53. The van der Waals surface area contributed by atoms with Crippen molar-refractivity contribution in [3.8, 4) is 11.8 Å². The molecule has 3 N–H and O–H groups in total. The maximum atomic E-state index is 9.79. The highest BCUT2D eigenvalue weighted by atomic mass is 16.5. The van der Waals surface area contributed by atoms with Crippen molar-refractivity contribution in [2.24, 2.45) is 5.92 Å². The number of benzene rings is 1. The Kier molecular flexibility index (Phi) is 5.38. The Morgan fingerprint density at radius 2 is 2.21 bits per heavy atom. The van der Waals surface area contributed by atoms with E-state index in [0.29, 0.717) is 37.2 Å². The number of fused-ring (bicyclic) bond motifs is 1. The number of nitrogens with zero attached hydrogens (tertiary/aromatic N) is 3. The van der Waals surface area contributed by atoms with Crippen LogP contribution < -0.4 is 15.3 Å². The van der Waals surface area contributed by atoms with Crippen LogP contribution in [0.2, 0.25) is 0 Å². The number of aryl methyl sites for hydroxylation is 1. The van der Waals surface area contributed by atoms with Gasteiger partial charge in [-0.3, -0.25) is 0 Å². The van der Waals surface area contributed by atoms with Gasteiger partial charge in [-0.25, -0.2) is 4.98 Å². The van der Waals surface area contributed by atoms with Gasteiger partial charge in [-0.15, -0.1) is 0 Å². The second-order valence-electron chi connectivity index (χ2n) is 7.31. The molecule has 9 heteroatoms. The Labute approximate surface area is 169 Å². The van der Waals surface area contributed by atoms with Crippen LogP contribution in [0.4, 0.5) is 17.5 Å². The monoisotopic (exact) mass is 391 g/mol. The van der Waals surface area contributed by atoms with Crippen molar-refractivity contribution in [2.75, 3.05) is 23.8 Å². The van der Waals surface area contributed by atoms with Crippen molar-refractivity contribution in [2.45, 2.75) is 26.3 Å². The molecule has 1 saturated heterocycles. The minimum absolute atomic E-state index is 0.101. The molecule has 0 saturated carbocycles. The summed E-state index contributed by atoms with van der Waals surface area (Å²) in [5.74, 6) is 1.64. The zero-order valence-electron chi connectivity index (χ0n) is 16.3. The third kappa shape index (κ3) is 4.18. The van der Waals surface area contributed by atoms with Crippen LogP contribution in [0.25, 0.3) is 6.08 Å². The first-order valence-corrected chi connectivity index (χ1v) is 9.55. The summed E-state index contributed by atoms with van der Waals surface area (Å²) in [5, 5.41) is 25.7. The van der Waals surface area contributed by atoms with Gasteiger partial charge in [0.15, 0.2) is 0 Å². The Morgan fingerprint density at radius 1 is 1.34 bits per heavy atom. The van der Waals surface area contributed by atoms with Crippen molar-refractivity contribution < 1.29 is 14.4 Å². The van der Waals surface area contributed by atoms with Crippen LogP contribution in [0.1, 0.15) is 24.5 Å². The smallest absolute Gasteiger partial charge is 0.532 e. The predicted molar refractivity (Wildman–Crippen MR) is 111 cm³/mol. The molecule has 1 aromatic carbocycles. The number of hydrogen-bond acceptors (Lipinski definition) is 8. The van der Waals surface area contributed by atoms with Crippen LogP contribution in [-0.4, -0.2) is 41.4 Å². The van der Waals surface area contributed by atoms with Gasteiger partial charge in [0.25, 0.3) is 0 Å². The minimum atomic E-state index is -0.906. The van der Waals surface area contributed by atoms with Crippen molar-refractivity contribution in [1.29, 1.82) is 5.26 Å². The summed E-state index contributed by atoms with van der Waals surface area (Å²) in [6.45, 7) is 4.83. The van der Waals surface area contributed by atoms with E-state index in [0.717, 1.165) is 22.3 Å². The molecule has 1 fully saturated rings. The quantitative estimate of drug-likeness (QED) is 0.682. The highest BCUT2D eigenvalue weighted by Crippen LogP contribution is 2.31. The summed E-state index contributed by atoms with van der Waals surface area (Å²) in [4.78, 5) is 8.94. The topological polar surface area (TPSA) is 112 Å². The summed E-state index contributed by atoms with van der Waals surface area (Å²) in [5.41, 5.74) is 3.32. The summed E-state index contributed by atoms with van der Waals surface area (Å²) >= 11 is 0. The third-order valence-corrected chi connectivity index (χ3v) is 5.09. The maximum Gasteiger partial charge on any atom is 0.555 e. The lowest BCUT2D eigenvalue weighted by Crippen LogP contribution is -2.38. The number of ether oxygens (including phenoxy) is 1. The molecule has 1 aromatic heterocycles. The number of nitriles is 1. The molecule has 2 aliphatic rings. The first-order valence-electron chi connectivity index (χ1n) is 9.55. The molecule has 0 spiro atoms. The third-order valence-electron chi connectivity index (χ3n) is 5.09. The van der Waals surface area contributed by atoms with E-state index in [1.807, 2.05) is 32.1 Å². The van der Waals surface area contributed by atoms with Crippen LogP contribution in [0.3, 0.4) is 0 Å². The van der Waals surface area contributed by atoms with Gasteiger partial charge >= 0.3 is 7.12 Å². The van der Waals surface area contributed by atoms with Crippen LogP contribution >= 0.6 is 0 Å². The van der Waals surface area contributed by atoms with Gasteiger partial charge in [-0.05, 0) is 43.9 Å². The highest BCUT2D eigenvalue weighted by Gasteiger charge is 2.27. The van der Waals surface area contributed by atoms with E-state index in [-0.39, 0.29) is 12.0 Å². The molecule has 4 rings (SSSR count). The zero-order valence-corrected chi connectivity index (χ0v) is 16.3. The van der Waals surface area contributed by atoms with Crippen LogP contribution in [0.15, 0.2) is 29.9 Å². The fourth-order valence-corrected chi connectivity index (χ4v) is 3.36. The summed E-state index contributed by atoms with van der Waals surface area (Å²) in [6, 6.07) is 7.81. The molecule has 2 aliphatic heterocycles. The van der Waals surface area contributed by atoms with Crippen LogP contribution in [-0.2, 0) is 4.74 Å². The molecule has 2 atom stereocenters. The average Bonchev–Trinajstić information content (AvgIpc) is 2.72. The average molecular weight is 391 g/mol. The number of allylic oxidation sites excluding steroid dienone is 1. The zero-order chi connectivity index (χ0) is 20.4.